The van der Waals surface area contributed by atoms with Gasteiger partial charge in [-0.25, -0.2) is 0 Å². The summed E-state index contributed by atoms with van der Waals surface area (Å²) in [5, 5.41) is 0. The monoisotopic (exact) mass is 548 g/mol. The second kappa shape index (κ2) is 9.05. The Bertz CT molecular complexity index is 2120. The first-order chi connectivity index (χ1) is 21.3. The number of allylic oxidation sites excluding steroid dienone is 2. The molecule has 0 radical (unpaired) electrons. The van der Waals surface area contributed by atoms with E-state index >= 15 is 0 Å². The summed E-state index contributed by atoms with van der Waals surface area (Å²) in [6.07, 6.45) is 5.15. The first-order valence-corrected chi connectivity index (χ1v) is 14.9. The van der Waals surface area contributed by atoms with Gasteiger partial charge in [-0.3, -0.25) is 0 Å². The van der Waals surface area contributed by atoms with Gasteiger partial charge in [-0.05, 0) is 85.0 Å². The van der Waals surface area contributed by atoms with Gasteiger partial charge in [0.25, 0.3) is 0 Å². The van der Waals surface area contributed by atoms with E-state index in [9.17, 15) is 0 Å². The first kappa shape index (κ1) is 24.2. The number of hydrogen-bond acceptors (Lipinski definition) is 1. The van der Waals surface area contributed by atoms with E-state index in [0.29, 0.717) is 0 Å². The van der Waals surface area contributed by atoms with Crippen molar-refractivity contribution in [3.8, 4) is 33.8 Å². The number of para-hydroxylation sites is 1. The molecule has 0 fully saturated rings. The number of rotatable bonds is 3. The van der Waals surface area contributed by atoms with E-state index in [-0.39, 0.29) is 5.41 Å². The normalized spacial score (nSPS) is 14.6. The summed E-state index contributed by atoms with van der Waals surface area (Å²) in [6, 6.07) is 48.4. The average Bonchev–Trinajstić information content (AvgIpc) is 3.54. The summed E-state index contributed by atoms with van der Waals surface area (Å²) in [4.78, 5) is 0. The van der Waals surface area contributed by atoms with Crippen molar-refractivity contribution in [3.05, 3.63) is 191 Å². The smallest absolute Gasteiger partial charge is 0.131 e. The van der Waals surface area contributed by atoms with Crippen molar-refractivity contribution in [1.29, 1.82) is 0 Å². The molecule has 43 heavy (non-hydrogen) atoms. The maximum Gasteiger partial charge on any atom is 0.131 e. The highest BCUT2D eigenvalue weighted by Crippen LogP contribution is 2.63. The molecule has 1 spiro atoms. The summed E-state index contributed by atoms with van der Waals surface area (Å²) < 4.78 is 6.33. The van der Waals surface area contributed by atoms with Crippen LogP contribution in [0.25, 0.3) is 33.9 Å². The quantitative estimate of drug-likeness (QED) is 0.158. The zero-order chi connectivity index (χ0) is 28.5. The van der Waals surface area contributed by atoms with Crippen LogP contribution in [0.15, 0.2) is 146 Å². The summed E-state index contributed by atoms with van der Waals surface area (Å²) in [5.74, 6) is 1.87. The molecule has 202 valence electrons. The van der Waals surface area contributed by atoms with Crippen LogP contribution in [0.1, 0.15) is 44.5 Å². The van der Waals surface area contributed by atoms with Gasteiger partial charge in [0.05, 0.1) is 5.41 Å². The SMILES string of the molecule is C=C/C(=C\c1cccc2c1Cc1ccccc1O2)c1cccc2c1-c1ccccc1C21c2ccccc2-c2ccccc21. The standard InChI is InChI=1S/C42H28O/c1-2-27(25-28-14-11-24-40-34(28)26-29-13-3-10-23-39(29)43-40)30-18-12-22-38-41(30)33-17-6-9-21-37(33)42(38)35-19-7-4-15-31(35)32-16-5-8-20-36(32)42/h2-25H,1,26H2/b27-25+. The van der Waals surface area contributed by atoms with Crippen LogP contribution in [0, 0.1) is 0 Å². The van der Waals surface area contributed by atoms with Crippen LogP contribution < -0.4 is 4.74 Å². The van der Waals surface area contributed by atoms with E-state index in [2.05, 4.69) is 140 Å². The van der Waals surface area contributed by atoms with E-state index in [0.717, 1.165) is 29.1 Å². The van der Waals surface area contributed by atoms with Crippen molar-refractivity contribution in [3.63, 3.8) is 0 Å². The van der Waals surface area contributed by atoms with Gasteiger partial charge in [-0.15, -0.1) is 0 Å². The topological polar surface area (TPSA) is 9.23 Å². The van der Waals surface area contributed by atoms with Gasteiger partial charge < -0.3 is 4.74 Å². The number of fused-ring (bicyclic) bond motifs is 12. The second-order valence-electron chi connectivity index (χ2n) is 11.6. The van der Waals surface area contributed by atoms with E-state index in [1.54, 1.807) is 0 Å². The molecule has 1 heterocycles. The Morgan fingerprint density at radius 1 is 0.581 bits per heavy atom. The number of benzene rings is 6. The minimum Gasteiger partial charge on any atom is -0.457 e. The molecular weight excluding hydrogens is 520 g/mol. The molecule has 1 nitrogen and oxygen atoms in total. The molecule has 0 amide bonds. The van der Waals surface area contributed by atoms with Gasteiger partial charge in [-0.2, -0.15) is 0 Å². The summed E-state index contributed by atoms with van der Waals surface area (Å²) in [5.41, 5.74) is 16.2. The molecule has 0 N–H and O–H groups in total. The molecule has 0 aromatic heterocycles. The summed E-state index contributed by atoms with van der Waals surface area (Å²) >= 11 is 0. The lowest BCUT2D eigenvalue weighted by atomic mass is 9.70. The van der Waals surface area contributed by atoms with Gasteiger partial charge in [0, 0.05) is 12.0 Å². The largest absolute Gasteiger partial charge is 0.457 e. The Morgan fingerprint density at radius 2 is 1.16 bits per heavy atom. The third-order valence-corrected chi connectivity index (χ3v) is 9.59. The third-order valence-electron chi connectivity index (χ3n) is 9.59. The molecular formula is C42H28O. The first-order valence-electron chi connectivity index (χ1n) is 14.9. The van der Waals surface area contributed by atoms with E-state index in [4.69, 9.17) is 4.74 Å². The third kappa shape index (κ3) is 3.22. The second-order valence-corrected chi connectivity index (χ2v) is 11.6. The highest BCUT2D eigenvalue weighted by Gasteiger charge is 2.51. The van der Waals surface area contributed by atoms with Crippen molar-refractivity contribution in [1.82, 2.24) is 0 Å². The Balaban J connectivity index is 1.29. The Labute approximate surface area is 252 Å². The van der Waals surface area contributed by atoms with Crippen molar-refractivity contribution in [2.45, 2.75) is 11.8 Å². The molecule has 1 heteroatoms. The van der Waals surface area contributed by atoms with E-state index in [1.807, 2.05) is 12.1 Å². The maximum atomic E-state index is 6.33. The van der Waals surface area contributed by atoms with Crippen LogP contribution in [0.4, 0.5) is 0 Å². The van der Waals surface area contributed by atoms with Crippen LogP contribution in [0.5, 0.6) is 11.5 Å². The van der Waals surface area contributed by atoms with Crippen LogP contribution in [0.2, 0.25) is 0 Å². The molecule has 6 aromatic carbocycles. The molecule has 0 unspecified atom stereocenters. The Hall–Kier alpha value is -5.40. The van der Waals surface area contributed by atoms with Gasteiger partial charge in [0.1, 0.15) is 11.5 Å². The lowest BCUT2D eigenvalue weighted by Crippen LogP contribution is -2.25. The number of hydrogen-bond donors (Lipinski definition) is 0. The average molecular weight is 549 g/mol. The summed E-state index contributed by atoms with van der Waals surface area (Å²) in [6.45, 7) is 4.32. The molecule has 6 aromatic rings. The Kier molecular flexibility index (Phi) is 5.10. The minimum atomic E-state index is -0.356. The van der Waals surface area contributed by atoms with Crippen molar-refractivity contribution in [2.75, 3.05) is 0 Å². The van der Waals surface area contributed by atoms with Crippen LogP contribution in [-0.2, 0) is 11.8 Å². The zero-order valence-electron chi connectivity index (χ0n) is 23.7. The van der Waals surface area contributed by atoms with Crippen molar-refractivity contribution < 1.29 is 4.74 Å². The fourth-order valence-electron chi connectivity index (χ4n) is 7.86. The van der Waals surface area contributed by atoms with Gasteiger partial charge in [-0.1, -0.05) is 134 Å². The maximum absolute atomic E-state index is 6.33. The highest BCUT2D eigenvalue weighted by atomic mass is 16.5. The molecule has 2 aliphatic carbocycles. The predicted octanol–water partition coefficient (Wildman–Crippen LogP) is 10.5. The van der Waals surface area contributed by atoms with Crippen LogP contribution in [0.3, 0.4) is 0 Å². The van der Waals surface area contributed by atoms with Crippen LogP contribution >= 0.6 is 0 Å². The lowest BCUT2D eigenvalue weighted by molar-refractivity contribution is 0.460. The minimum absolute atomic E-state index is 0.356. The molecule has 1 aliphatic heterocycles. The molecule has 0 saturated heterocycles. The molecule has 0 atom stereocenters. The Morgan fingerprint density at radius 3 is 1.91 bits per heavy atom. The van der Waals surface area contributed by atoms with Gasteiger partial charge >= 0.3 is 0 Å². The van der Waals surface area contributed by atoms with Gasteiger partial charge in [0.15, 0.2) is 0 Å². The van der Waals surface area contributed by atoms with Crippen molar-refractivity contribution in [2.24, 2.45) is 0 Å². The number of ether oxygens (including phenoxy) is 1. The molecule has 0 bridgehead atoms. The van der Waals surface area contributed by atoms with E-state index < -0.39 is 0 Å². The van der Waals surface area contributed by atoms with Crippen LogP contribution in [-0.4, -0.2) is 0 Å². The summed E-state index contributed by atoms with van der Waals surface area (Å²) in [7, 11) is 0. The fraction of sp³-hybridized carbons (Fsp3) is 0.0476. The van der Waals surface area contributed by atoms with Crippen molar-refractivity contribution >= 4 is 11.6 Å². The molecule has 0 saturated carbocycles. The highest BCUT2D eigenvalue weighted by molar-refractivity contribution is 6.01. The van der Waals surface area contributed by atoms with E-state index in [1.165, 1.54) is 61.2 Å². The molecule has 9 rings (SSSR count). The predicted molar refractivity (Wildman–Crippen MR) is 177 cm³/mol. The zero-order valence-corrected chi connectivity index (χ0v) is 23.7. The van der Waals surface area contributed by atoms with Gasteiger partial charge in [0.2, 0.25) is 0 Å². The fourth-order valence-corrected chi connectivity index (χ4v) is 7.86. The molecule has 3 aliphatic rings. The lowest BCUT2D eigenvalue weighted by Gasteiger charge is -2.30.